The maximum atomic E-state index is 13.6. The van der Waals surface area contributed by atoms with Crippen molar-refractivity contribution in [3.63, 3.8) is 0 Å². The first-order chi connectivity index (χ1) is 9.83. The minimum absolute atomic E-state index is 0.0672. The number of halogens is 3. The van der Waals surface area contributed by atoms with E-state index in [-0.39, 0.29) is 20.9 Å². The summed E-state index contributed by atoms with van der Waals surface area (Å²) in [6.45, 7) is 0. The van der Waals surface area contributed by atoms with E-state index in [1.165, 1.54) is 12.1 Å². The predicted octanol–water partition coefficient (Wildman–Crippen LogP) is 2.21. The lowest BCUT2D eigenvalue weighted by Gasteiger charge is -2.10. The molecule has 1 aromatic heterocycles. The lowest BCUT2D eigenvalue weighted by atomic mass is 10.3. The van der Waals surface area contributed by atoms with Crippen molar-refractivity contribution >= 4 is 37.5 Å². The largest absolute Gasteiger partial charge is 0.308 e. The summed E-state index contributed by atoms with van der Waals surface area (Å²) in [6.07, 6.45) is 1.05. The van der Waals surface area contributed by atoms with Gasteiger partial charge in [-0.1, -0.05) is 0 Å². The van der Waals surface area contributed by atoms with E-state index in [1.54, 1.807) is 0 Å². The molecule has 0 atom stereocenters. The molecule has 0 amide bonds. The molecule has 10 heteroatoms. The smallest absolute Gasteiger partial charge is 0.263 e. The number of rotatable bonds is 4. The number of nitrogens with two attached hydrogens (primary N) is 1. The van der Waals surface area contributed by atoms with Crippen molar-refractivity contribution in [2.24, 2.45) is 5.84 Å². The predicted molar refractivity (Wildman–Crippen MR) is 76.9 cm³/mol. The third kappa shape index (κ3) is 3.46. The fraction of sp³-hybridized carbons (Fsp3) is 0. The first-order valence-corrected chi connectivity index (χ1v) is 7.71. The van der Waals surface area contributed by atoms with E-state index in [4.69, 9.17) is 5.84 Å². The molecule has 2 aromatic rings. The molecule has 0 aliphatic carbocycles. The molecule has 0 aliphatic heterocycles. The van der Waals surface area contributed by atoms with Crippen molar-refractivity contribution < 1.29 is 17.2 Å². The van der Waals surface area contributed by atoms with E-state index < -0.39 is 21.7 Å². The van der Waals surface area contributed by atoms with Gasteiger partial charge in [0, 0.05) is 12.3 Å². The minimum atomic E-state index is -4.05. The second-order valence-corrected chi connectivity index (χ2v) is 6.41. The maximum absolute atomic E-state index is 13.6. The highest BCUT2D eigenvalue weighted by Crippen LogP contribution is 2.25. The molecule has 2 rings (SSSR count). The molecule has 0 aliphatic rings. The van der Waals surface area contributed by atoms with Gasteiger partial charge in [0.05, 0.1) is 10.2 Å². The number of hydrogen-bond donors (Lipinski definition) is 3. The average molecular weight is 379 g/mol. The molecule has 4 N–H and O–H groups in total. The van der Waals surface area contributed by atoms with Crippen LogP contribution in [0, 0.1) is 11.6 Å². The van der Waals surface area contributed by atoms with Crippen LogP contribution in [0.4, 0.5) is 20.3 Å². The molecule has 1 aromatic carbocycles. The summed E-state index contributed by atoms with van der Waals surface area (Å²) in [5.41, 5.74) is 1.86. The van der Waals surface area contributed by atoms with Gasteiger partial charge in [-0.05, 0) is 34.1 Å². The number of aromatic nitrogens is 1. The topological polar surface area (TPSA) is 97.1 Å². The highest BCUT2D eigenvalue weighted by molar-refractivity contribution is 9.10. The van der Waals surface area contributed by atoms with Crippen molar-refractivity contribution in [2.45, 2.75) is 4.90 Å². The summed E-state index contributed by atoms with van der Waals surface area (Å²) in [5, 5.41) is 0. The lowest BCUT2D eigenvalue weighted by molar-refractivity contribution is 0.579. The van der Waals surface area contributed by atoms with Crippen LogP contribution < -0.4 is 16.0 Å². The number of hydrogen-bond acceptors (Lipinski definition) is 5. The van der Waals surface area contributed by atoms with E-state index in [9.17, 15) is 17.2 Å². The number of nitrogen functional groups attached to an aromatic ring is 1. The molecule has 0 spiro atoms. The normalized spacial score (nSPS) is 11.2. The van der Waals surface area contributed by atoms with E-state index >= 15 is 0 Å². The number of hydrazine groups is 1. The summed E-state index contributed by atoms with van der Waals surface area (Å²) in [7, 11) is -4.05. The van der Waals surface area contributed by atoms with Gasteiger partial charge in [0.25, 0.3) is 10.0 Å². The van der Waals surface area contributed by atoms with Gasteiger partial charge in [-0.3, -0.25) is 4.72 Å². The Morgan fingerprint density at radius 1 is 1.19 bits per heavy atom. The third-order valence-electron chi connectivity index (χ3n) is 2.45. The van der Waals surface area contributed by atoms with Gasteiger partial charge < -0.3 is 5.43 Å². The molecular weight excluding hydrogens is 370 g/mol. The van der Waals surface area contributed by atoms with Gasteiger partial charge >= 0.3 is 0 Å². The Kier molecular flexibility index (Phi) is 4.40. The number of benzene rings is 1. The second kappa shape index (κ2) is 5.92. The summed E-state index contributed by atoms with van der Waals surface area (Å²) >= 11 is 2.85. The number of nitrogens with zero attached hydrogens (tertiary/aromatic N) is 1. The van der Waals surface area contributed by atoms with Crippen LogP contribution >= 0.6 is 15.9 Å². The zero-order valence-corrected chi connectivity index (χ0v) is 12.7. The Balaban J connectivity index is 2.34. The van der Waals surface area contributed by atoms with Crippen molar-refractivity contribution in [3.05, 3.63) is 46.6 Å². The molecule has 0 saturated heterocycles. The first-order valence-electron chi connectivity index (χ1n) is 5.43. The third-order valence-corrected chi connectivity index (χ3v) is 4.41. The molecule has 6 nitrogen and oxygen atoms in total. The molecule has 0 bridgehead atoms. The van der Waals surface area contributed by atoms with Crippen LogP contribution in [-0.4, -0.2) is 13.4 Å². The number of pyridine rings is 1. The quantitative estimate of drug-likeness (QED) is 0.430. The molecule has 0 fully saturated rings. The zero-order valence-electron chi connectivity index (χ0n) is 10.3. The Bertz CT molecular complexity index is 769. The second-order valence-electron chi connectivity index (χ2n) is 3.88. The average Bonchev–Trinajstić information content (AvgIpc) is 2.44. The van der Waals surface area contributed by atoms with Gasteiger partial charge in [-0.25, -0.2) is 28.0 Å². The van der Waals surface area contributed by atoms with Crippen molar-refractivity contribution in [3.8, 4) is 0 Å². The molecule has 0 saturated carbocycles. The molecule has 0 unspecified atom stereocenters. The van der Waals surface area contributed by atoms with Crippen molar-refractivity contribution in [1.82, 2.24) is 4.98 Å². The van der Waals surface area contributed by atoms with E-state index in [0.29, 0.717) is 6.07 Å². The van der Waals surface area contributed by atoms with Gasteiger partial charge in [-0.15, -0.1) is 0 Å². The molecular formula is C11H9BrF2N4O2S. The van der Waals surface area contributed by atoms with E-state index in [1.807, 2.05) is 4.72 Å². The van der Waals surface area contributed by atoms with Crippen LogP contribution in [0.2, 0.25) is 0 Å². The van der Waals surface area contributed by atoms with Gasteiger partial charge in [0.15, 0.2) is 0 Å². The highest BCUT2D eigenvalue weighted by atomic mass is 79.9. The van der Waals surface area contributed by atoms with Gasteiger partial charge in [0.2, 0.25) is 0 Å². The summed E-state index contributed by atoms with van der Waals surface area (Å²) in [4.78, 5) is 3.55. The summed E-state index contributed by atoms with van der Waals surface area (Å²) in [5.74, 6) is 3.51. The Hall–Kier alpha value is -1.78. The maximum Gasteiger partial charge on any atom is 0.263 e. The zero-order chi connectivity index (χ0) is 15.6. The van der Waals surface area contributed by atoms with E-state index in [2.05, 4.69) is 26.3 Å². The molecule has 112 valence electrons. The minimum Gasteiger partial charge on any atom is -0.308 e. The van der Waals surface area contributed by atoms with Gasteiger partial charge in [-0.2, -0.15) is 0 Å². The fourth-order valence-electron chi connectivity index (χ4n) is 1.43. The SMILES string of the molecule is NNc1ccc(S(=O)(=O)Nc2cc(Br)c(F)cc2F)cn1. The Labute approximate surface area is 127 Å². The van der Waals surface area contributed by atoms with Crippen LogP contribution in [-0.2, 0) is 10.0 Å². The van der Waals surface area contributed by atoms with E-state index in [0.717, 1.165) is 12.3 Å². The lowest BCUT2D eigenvalue weighted by Crippen LogP contribution is -2.15. The van der Waals surface area contributed by atoms with Crippen LogP contribution in [0.3, 0.4) is 0 Å². The number of nitrogens with one attached hydrogen (secondary N) is 2. The molecule has 21 heavy (non-hydrogen) atoms. The standard InChI is InChI=1S/C11H9BrF2N4O2S/c12-7-3-10(9(14)4-8(7)13)18-21(19,20)6-1-2-11(17-15)16-5-6/h1-5,18H,15H2,(H,16,17). The summed E-state index contributed by atoms with van der Waals surface area (Å²) < 4.78 is 52.8. The Morgan fingerprint density at radius 2 is 1.90 bits per heavy atom. The van der Waals surface area contributed by atoms with Crippen LogP contribution in [0.25, 0.3) is 0 Å². The monoisotopic (exact) mass is 378 g/mol. The fourth-order valence-corrected chi connectivity index (χ4v) is 2.77. The summed E-state index contributed by atoms with van der Waals surface area (Å²) in [6, 6.07) is 4.14. The van der Waals surface area contributed by atoms with Crippen molar-refractivity contribution in [1.29, 1.82) is 0 Å². The van der Waals surface area contributed by atoms with Crippen molar-refractivity contribution in [2.75, 3.05) is 10.1 Å². The first kappa shape index (κ1) is 15.6. The van der Waals surface area contributed by atoms with Crippen LogP contribution in [0.1, 0.15) is 0 Å². The van der Waals surface area contributed by atoms with Gasteiger partial charge in [0.1, 0.15) is 22.3 Å². The molecule has 1 heterocycles. The number of anilines is 2. The highest BCUT2D eigenvalue weighted by Gasteiger charge is 2.18. The Morgan fingerprint density at radius 3 is 2.48 bits per heavy atom. The van der Waals surface area contributed by atoms with Crippen LogP contribution in [0.15, 0.2) is 39.8 Å². The number of sulfonamides is 1. The molecule has 0 radical (unpaired) electrons. The van der Waals surface area contributed by atoms with Crippen LogP contribution in [0.5, 0.6) is 0 Å².